The fraction of sp³-hybridized carbons (Fsp3) is 0.562. The van der Waals surface area contributed by atoms with Crippen LogP contribution in [0.15, 0.2) is 24.3 Å². The van der Waals surface area contributed by atoms with Crippen molar-refractivity contribution in [1.82, 2.24) is 10.2 Å². The van der Waals surface area contributed by atoms with Crippen LogP contribution in [0.25, 0.3) is 0 Å². The second-order valence-corrected chi connectivity index (χ2v) is 8.35. The fourth-order valence-corrected chi connectivity index (χ4v) is 5.03. The van der Waals surface area contributed by atoms with Crippen molar-refractivity contribution in [2.24, 2.45) is 5.92 Å². The van der Waals surface area contributed by atoms with E-state index in [1.807, 2.05) is 17.0 Å². The molecule has 5 nitrogen and oxygen atoms in total. The molecule has 2 aliphatic heterocycles. The third-order valence-corrected chi connectivity index (χ3v) is 6.54. The van der Waals surface area contributed by atoms with Crippen LogP contribution in [0.1, 0.15) is 30.5 Å². The molecule has 0 aliphatic carbocycles. The molecule has 1 N–H and O–H groups in total. The normalized spacial score (nSPS) is 23.5. The number of urea groups is 1. The Labute approximate surface area is 131 Å². The Morgan fingerprint density at radius 2 is 2.05 bits per heavy atom. The van der Waals surface area contributed by atoms with Crippen LogP contribution in [0.3, 0.4) is 0 Å². The van der Waals surface area contributed by atoms with Crippen molar-refractivity contribution < 1.29 is 13.2 Å². The van der Waals surface area contributed by atoms with Gasteiger partial charge in [0.05, 0.1) is 17.5 Å². The molecule has 2 heterocycles. The van der Waals surface area contributed by atoms with Crippen LogP contribution in [0, 0.1) is 5.92 Å². The molecule has 0 radical (unpaired) electrons. The first-order chi connectivity index (χ1) is 10.5. The van der Waals surface area contributed by atoms with Crippen molar-refractivity contribution in [1.29, 1.82) is 0 Å². The lowest BCUT2D eigenvalue weighted by Gasteiger charge is -2.37. The van der Waals surface area contributed by atoms with Gasteiger partial charge in [-0.3, -0.25) is 0 Å². The van der Waals surface area contributed by atoms with Gasteiger partial charge in [-0.05, 0) is 24.0 Å². The summed E-state index contributed by atoms with van der Waals surface area (Å²) in [6.45, 7) is 3.25. The maximum absolute atomic E-state index is 12.4. The summed E-state index contributed by atoms with van der Waals surface area (Å²) in [6, 6.07) is 8.31. The van der Waals surface area contributed by atoms with E-state index in [9.17, 15) is 13.2 Å². The molecule has 22 heavy (non-hydrogen) atoms. The number of amides is 2. The highest BCUT2D eigenvalue weighted by Crippen LogP contribution is 2.31. The second kappa shape index (κ2) is 5.91. The standard InChI is InChI=1S/C16H22N2O3S/c1-2-15-14-6-4-3-5-13(14)7-8-18(15)16(19)17-9-12-10-22(20,21)11-12/h3-6,12,15H,2,7-11H2,1H3,(H,17,19). The highest BCUT2D eigenvalue weighted by Gasteiger charge is 2.34. The van der Waals surface area contributed by atoms with Gasteiger partial charge in [-0.1, -0.05) is 31.2 Å². The molecule has 1 unspecified atom stereocenters. The Kier molecular flexibility index (Phi) is 4.12. The highest BCUT2D eigenvalue weighted by molar-refractivity contribution is 7.92. The van der Waals surface area contributed by atoms with Crippen LogP contribution < -0.4 is 5.32 Å². The molecule has 0 saturated carbocycles. The number of rotatable bonds is 3. The molecule has 2 aliphatic rings. The van der Waals surface area contributed by atoms with Gasteiger partial charge in [-0.25, -0.2) is 13.2 Å². The smallest absolute Gasteiger partial charge is 0.317 e. The summed E-state index contributed by atoms with van der Waals surface area (Å²) >= 11 is 0. The van der Waals surface area contributed by atoms with Crippen molar-refractivity contribution >= 4 is 15.9 Å². The average molecular weight is 322 g/mol. The van der Waals surface area contributed by atoms with Crippen molar-refractivity contribution in [3.8, 4) is 0 Å². The van der Waals surface area contributed by atoms with Crippen LogP contribution in [-0.2, 0) is 16.3 Å². The quantitative estimate of drug-likeness (QED) is 0.922. The van der Waals surface area contributed by atoms with Crippen LogP contribution in [0.4, 0.5) is 4.79 Å². The van der Waals surface area contributed by atoms with Crippen LogP contribution >= 0.6 is 0 Å². The molecule has 1 atom stereocenters. The summed E-state index contributed by atoms with van der Waals surface area (Å²) in [5.74, 6) is 0.479. The first-order valence-electron chi connectivity index (χ1n) is 7.83. The Morgan fingerprint density at radius 1 is 1.32 bits per heavy atom. The fourth-order valence-electron chi connectivity index (χ4n) is 3.46. The number of fused-ring (bicyclic) bond motifs is 1. The topological polar surface area (TPSA) is 66.5 Å². The zero-order chi connectivity index (χ0) is 15.7. The van der Waals surface area contributed by atoms with Crippen LogP contribution in [-0.4, -0.2) is 43.9 Å². The monoisotopic (exact) mass is 322 g/mol. The van der Waals surface area contributed by atoms with Gasteiger partial charge in [0, 0.05) is 19.0 Å². The summed E-state index contributed by atoms with van der Waals surface area (Å²) in [4.78, 5) is 14.3. The summed E-state index contributed by atoms with van der Waals surface area (Å²) in [5.41, 5.74) is 2.56. The third kappa shape index (κ3) is 2.97. The molecule has 0 bridgehead atoms. The molecule has 0 aromatic heterocycles. The number of hydrogen-bond donors (Lipinski definition) is 1. The Hall–Kier alpha value is -1.56. The molecule has 2 amide bonds. The van der Waals surface area contributed by atoms with Crippen LogP contribution in [0.2, 0.25) is 0 Å². The van der Waals surface area contributed by atoms with Gasteiger partial charge in [0.25, 0.3) is 0 Å². The van der Waals surface area contributed by atoms with E-state index in [4.69, 9.17) is 0 Å². The zero-order valence-corrected chi connectivity index (χ0v) is 13.6. The Morgan fingerprint density at radius 3 is 2.73 bits per heavy atom. The highest BCUT2D eigenvalue weighted by atomic mass is 32.2. The molecular weight excluding hydrogens is 300 g/mol. The van der Waals surface area contributed by atoms with Gasteiger partial charge in [-0.2, -0.15) is 0 Å². The number of nitrogens with one attached hydrogen (secondary N) is 1. The van der Waals surface area contributed by atoms with Gasteiger partial charge in [-0.15, -0.1) is 0 Å². The number of hydrogen-bond acceptors (Lipinski definition) is 3. The minimum absolute atomic E-state index is 0.0751. The van der Waals surface area contributed by atoms with Gasteiger partial charge >= 0.3 is 6.03 Å². The molecule has 120 valence electrons. The number of carbonyl (C=O) groups is 1. The second-order valence-electron chi connectivity index (χ2n) is 6.20. The molecule has 1 saturated heterocycles. The van der Waals surface area contributed by atoms with E-state index < -0.39 is 9.84 Å². The number of nitrogens with zero attached hydrogens (tertiary/aromatic N) is 1. The molecule has 1 fully saturated rings. The molecule has 6 heteroatoms. The molecule has 1 aromatic carbocycles. The van der Waals surface area contributed by atoms with E-state index in [0.29, 0.717) is 13.1 Å². The van der Waals surface area contributed by atoms with E-state index in [1.54, 1.807) is 0 Å². The molecule has 3 rings (SSSR count). The number of benzene rings is 1. The summed E-state index contributed by atoms with van der Waals surface area (Å²) in [5, 5.41) is 2.91. The minimum Gasteiger partial charge on any atom is -0.338 e. The van der Waals surface area contributed by atoms with Crippen LogP contribution in [0.5, 0.6) is 0 Å². The molecule has 1 aromatic rings. The zero-order valence-electron chi connectivity index (χ0n) is 12.8. The SMILES string of the molecule is CCC1c2ccccc2CCN1C(=O)NCC1CS(=O)(=O)C1. The van der Waals surface area contributed by atoms with Gasteiger partial charge < -0.3 is 10.2 Å². The van der Waals surface area contributed by atoms with Crippen molar-refractivity contribution in [3.05, 3.63) is 35.4 Å². The van der Waals surface area contributed by atoms with Gasteiger partial charge in [0.15, 0.2) is 9.84 Å². The van der Waals surface area contributed by atoms with Crippen molar-refractivity contribution in [2.45, 2.75) is 25.8 Å². The summed E-state index contributed by atoms with van der Waals surface area (Å²) in [7, 11) is -2.82. The first kappa shape index (κ1) is 15.3. The Bertz CT molecular complexity index is 660. The van der Waals surface area contributed by atoms with E-state index in [2.05, 4.69) is 24.4 Å². The lowest BCUT2D eigenvalue weighted by atomic mass is 9.91. The summed E-state index contributed by atoms with van der Waals surface area (Å²) in [6.07, 6.45) is 1.75. The van der Waals surface area contributed by atoms with Crippen molar-refractivity contribution in [3.63, 3.8) is 0 Å². The minimum atomic E-state index is -2.82. The third-order valence-electron chi connectivity index (χ3n) is 4.58. The van der Waals surface area contributed by atoms with E-state index in [1.165, 1.54) is 11.1 Å². The van der Waals surface area contributed by atoms with Gasteiger partial charge in [0.2, 0.25) is 0 Å². The summed E-state index contributed by atoms with van der Waals surface area (Å²) < 4.78 is 22.3. The average Bonchev–Trinajstić information content (AvgIpc) is 2.49. The molecule has 0 spiro atoms. The number of sulfone groups is 1. The number of carbonyl (C=O) groups excluding carboxylic acids is 1. The lowest BCUT2D eigenvalue weighted by Crippen LogP contribution is -2.50. The maximum atomic E-state index is 12.4. The maximum Gasteiger partial charge on any atom is 0.317 e. The van der Waals surface area contributed by atoms with E-state index >= 15 is 0 Å². The predicted molar refractivity (Wildman–Crippen MR) is 85.4 cm³/mol. The van der Waals surface area contributed by atoms with Crippen molar-refractivity contribution in [2.75, 3.05) is 24.6 Å². The predicted octanol–water partition coefficient (Wildman–Crippen LogP) is 1.75. The first-order valence-corrected chi connectivity index (χ1v) is 9.65. The van der Waals surface area contributed by atoms with E-state index in [0.717, 1.165) is 12.8 Å². The Balaban J connectivity index is 1.63. The van der Waals surface area contributed by atoms with Gasteiger partial charge in [0.1, 0.15) is 0 Å². The van der Waals surface area contributed by atoms with E-state index in [-0.39, 0.29) is 29.5 Å². The lowest BCUT2D eigenvalue weighted by molar-refractivity contribution is 0.166. The molecular formula is C16H22N2O3S. The largest absolute Gasteiger partial charge is 0.338 e.